The van der Waals surface area contributed by atoms with E-state index in [1.807, 2.05) is 0 Å². The van der Waals surface area contributed by atoms with Crippen molar-refractivity contribution in [3.05, 3.63) is 65.9 Å². The molecule has 0 atom stereocenters. The van der Waals surface area contributed by atoms with Gasteiger partial charge in [-0.05, 0) is 24.3 Å². The zero-order chi connectivity index (χ0) is 27.7. The first-order valence-corrected chi connectivity index (χ1v) is 9.77. The summed E-state index contributed by atoms with van der Waals surface area (Å²) in [7, 11) is 3.32. The molecule has 0 saturated carbocycles. The number of nitrogens with zero attached hydrogens (tertiary/aromatic N) is 1. The number of Topliss-reactive ketones (excluding diaryl/α,β-unsaturated/α-hetero) is 2. The third kappa shape index (κ3) is 10.9. The second kappa shape index (κ2) is 19.0. The SMILES string of the molecule is CO.COC(=O)C(=O)CC(=O)c1ccccc1O.COC(=O)c1cc(-c2ccccc2O)on1.Cl.N[OH2+]. The minimum absolute atomic E-state index is 0. The lowest BCUT2D eigenvalue weighted by atomic mass is 10.1. The Morgan fingerprint density at radius 1 is 0.919 bits per heavy atom. The van der Waals surface area contributed by atoms with Gasteiger partial charge in [-0.25, -0.2) is 9.59 Å². The number of ketones is 2. The molecule has 0 aliphatic rings. The van der Waals surface area contributed by atoms with E-state index in [-0.39, 0.29) is 35.2 Å². The van der Waals surface area contributed by atoms with Crippen molar-refractivity contribution in [2.45, 2.75) is 6.42 Å². The second-order valence-electron chi connectivity index (χ2n) is 6.12. The van der Waals surface area contributed by atoms with Crippen LogP contribution in [0.4, 0.5) is 0 Å². The number of benzene rings is 2. The summed E-state index contributed by atoms with van der Waals surface area (Å²) >= 11 is 0. The Bertz CT molecular complexity index is 1150. The summed E-state index contributed by atoms with van der Waals surface area (Å²) < 4.78 is 13.6. The number of carbonyl (C=O) groups is 4. The van der Waals surface area contributed by atoms with Gasteiger partial charge in [-0.2, -0.15) is 0 Å². The Morgan fingerprint density at radius 3 is 1.97 bits per heavy atom. The standard InChI is InChI=1S/C11H9NO4.C11H10O5.CH4O.ClH.H3NO/c1-15-11(14)8-6-10(16-12-8)7-4-2-3-5-9(7)13;1-16-11(15)10(14)6-9(13)7-4-2-3-5-8(7)12;1-2;;1-2/h2-6,13H,1H3;2-5,12H,6H2,1H3;2H,1H3;1H;2H,1H2/p+1. The number of aliphatic hydroxyl groups is 1. The zero-order valence-electron chi connectivity index (χ0n) is 20.0. The smallest absolute Gasteiger partial charge is 0.374 e. The van der Waals surface area contributed by atoms with E-state index >= 15 is 0 Å². The van der Waals surface area contributed by atoms with Gasteiger partial charge < -0.3 is 34.5 Å². The number of aliphatic hydroxyl groups excluding tert-OH is 1. The number of hydrogen-bond acceptors (Lipinski definition) is 12. The second-order valence-corrected chi connectivity index (χ2v) is 6.12. The summed E-state index contributed by atoms with van der Waals surface area (Å²) in [4.78, 5) is 44.5. The van der Waals surface area contributed by atoms with E-state index in [4.69, 9.17) is 14.8 Å². The van der Waals surface area contributed by atoms with Gasteiger partial charge in [0.2, 0.25) is 5.78 Å². The van der Waals surface area contributed by atoms with Crippen LogP contribution >= 0.6 is 12.4 Å². The molecule has 3 rings (SSSR count). The molecule has 3 aromatic rings. The first-order chi connectivity index (χ1) is 17.3. The molecule has 2 aromatic carbocycles. The Hall–Kier alpha value is -4.30. The van der Waals surface area contributed by atoms with Crippen molar-refractivity contribution in [1.82, 2.24) is 5.16 Å². The van der Waals surface area contributed by atoms with Gasteiger partial charge >= 0.3 is 11.9 Å². The van der Waals surface area contributed by atoms with Gasteiger partial charge in [-0.3, -0.25) is 9.59 Å². The van der Waals surface area contributed by atoms with Crippen LogP contribution in [0.1, 0.15) is 27.3 Å². The fourth-order valence-corrected chi connectivity index (χ4v) is 2.42. The van der Waals surface area contributed by atoms with Crippen LogP contribution in [0, 0.1) is 0 Å². The number of para-hydroxylation sites is 2. The van der Waals surface area contributed by atoms with Crippen LogP contribution in [0.2, 0.25) is 0 Å². The molecular formula is C23H28ClN2O11+. The summed E-state index contributed by atoms with van der Waals surface area (Å²) in [5.74, 6) is 0.720. The number of methoxy groups -OCH3 is 2. The lowest BCUT2D eigenvalue weighted by Gasteiger charge is -2.01. The monoisotopic (exact) mass is 543 g/mol. The summed E-state index contributed by atoms with van der Waals surface area (Å²) in [6.07, 6.45) is -0.607. The normalized spacial score (nSPS) is 8.81. The topological polar surface area (TPSA) is 222 Å². The highest BCUT2D eigenvalue weighted by Gasteiger charge is 2.20. The Kier molecular flexibility index (Phi) is 17.9. The van der Waals surface area contributed by atoms with E-state index in [0.717, 1.165) is 14.2 Å². The van der Waals surface area contributed by atoms with Crippen LogP contribution in [0.5, 0.6) is 11.5 Å². The van der Waals surface area contributed by atoms with E-state index < -0.39 is 29.9 Å². The predicted octanol–water partition coefficient (Wildman–Crippen LogP) is 1.16. The maximum absolute atomic E-state index is 11.5. The Balaban J connectivity index is 0. The molecule has 1 aromatic heterocycles. The molecule has 14 heteroatoms. The lowest BCUT2D eigenvalue weighted by molar-refractivity contribution is -0.151. The van der Waals surface area contributed by atoms with Crippen molar-refractivity contribution >= 4 is 35.9 Å². The van der Waals surface area contributed by atoms with Crippen LogP contribution in [0.15, 0.2) is 59.1 Å². The van der Waals surface area contributed by atoms with Crippen LogP contribution in [-0.2, 0) is 19.1 Å². The maximum Gasteiger partial charge on any atom is 0.374 e. The van der Waals surface area contributed by atoms with Crippen molar-refractivity contribution in [3.63, 3.8) is 0 Å². The number of ether oxygens (including phenoxy) is 2. The minimum Gasteiger partial charge on any atom is -0.507 e. The van der Waals surface area contributed by atoms with Crippen LogP contribution in [-0.4, -0.2) is 70.5 Å². The highest BCUT2D eigenvalue weighted by atomic mass is 35.5. The van der Waals surface area contributed by atoms with Gasteiger partial charge in [0.1, 0.15) is 11.5 Å². The molecular weight excluding hydrogens is 516 g/mol. The van der Waals surface area contributed by atoms with E-state index in [2.05, 4.69) is 20.5 Å². The Morgan fingerprint density at radius 2 is 1.46 bits per heavy atom. The number of carbonyl (C=O) groups excluding carboxylic acids is 4. The van der Waals surface area contributed by atoms with Crippen LogP contribution in [0.25, 0.3) is 11.3 Å². The number of halogens is 1. The molecule has 0 unspecified atom stereocenters. The number of phenols is 2. The number of aromatic hydroxyl groups is 2. The van der Waals surface area contributed by atoms with Crippen LogP contribution < -0.4 is 5.90 Å². The van der Waals surface area contributed by atoms with Gasteiger partial charge in [0.15, 0.2) is 17.2 Å². The first-order valence-electron chi connectivity index (χ1n) is 9.77. The third-order valence-corrected chi connectivity index (χ3v) is 4.01. The molecule has 7 N–H and O–H groups in total. The number of phenolic OH excluding ortho intramolecular Hbond substituents is 2. The highest BCUT2D eigenvalue weighted by molar-refractivity contribution is 6.38. The molecule has 0 aliphatic carbocycles. The number of hydrogen-bond donors (Lipinski definition) is 4. The summed E-state index contributed by atoms with van der Waals surface area (Å²) in [6.45, 7) is 0. The third-order valence-electron chi connectivity index (χ3n) is 4.01. The molecule has 0 aliphatic heterocycles. The van der Waals surface area contributed by atoms with Gasteiger partial charge in [-0.1, -0.05) is 29.4 Å². The van der Waals surface area contributed by atoms with Crippen molar-refractivity contribution in [1.29, 1.82) is 0 Å². The van der Waals surface area contributed by atoms with E-state index in [9.17, 15) is 29.4 Å². The molecule has 0 saturated heterocycles. The van der Waals surface area contributed by atoms with E-state index in [1.54, 1.807) is 30.3 Å². The van der Waals surface area contributed by atoms with E-state index in [0.29, 0.717) is 11.3 Å². The molecule has 13 nitrogen and oxygen atoms in total. The number of aromatic nitrogens is 1. The fraction of sp³-hybridized carbons (Fsp3) is 0.174. The largest absolute Gasteiger partial charge is 0.507 e. The van der Waals surface area contributed by atoms with E-state index in [1.165, 1.54) is 31.4 Å². The van der Waals surface area contributed by atoms with Crippen molar-refractivity contribution in [3.8, 4) is 22.8 Å². The highest BCUT2D eigenvalue weighted by Crippen LogP contribution is 2.29. The minimum atomic E-state index is -1.07. The number of nitrogens with two attached hydrogens (primary N) is 1. The number of rotatable bonds is 6. The van der Waals surface area contributed by atoms with Gasteiger partial charge in [0.05, 0.1) is 31.8 Å². The Labute approximate surface area is 217 Å². The van der Waals surface area contributed by atoms with Crippen LogP contribution in [0.3, 0.4) is 0 Å². The van der Waals surface area contributed by atoms with Crippen molar-refractivity contribution < 1.29 is 53.7 Å². The first kappa shape index (κ1) is 34.9. The molecule has 0 amide bonds. The molecule has 37 heavy (non-hydrogen) atoms. The summed E-state index contributed by atoms with van der Waals surface area (Å²) in [5.41, 5.74) is 0.561. The summed E-state index contributed by atoms with van der Waals surface area (Å²) in [6, 6.07) is 13.8. The molecule has 0 bridgehead atoms. The zero-order valence-corrected chi connectivity index (χ0v) is 20.9. The van der Waals surface area contributed by atoms with Gasteiger partial charge in [0.25, 0.3) is 0 Å². The van der Waals surface area contributed by atoms with Gasteiger partial charge in [0, 0.05) is 13.2 Å². The summed E-state index contributed by atoms with van der Waals surface area (Å²) in [5, 5.41) is 34.7. The quantitative estimate of drug-likeness (QED) is 0.0858. The number of esters is 2. The molecule has 0 spiro atoms. The van der Waals surface area contributed by atoms with Crippen molar-refractivity contribution in [2.24, 2.45) is 5.90 Å². The van der Waals surface area contributed by atoms with Crippen molar-refractivity contribution in [2.75, 3.05) is 21.3 Å². The molecule has 202 valence electrons. The maximum atomic E-state index is 11.5. The molecule has 0 fully saturated rings. The average Bonchev–Trinajstić information content (AvgIpc) is 3.41. The molecule has 1 heterocycles. The lowest BCUT2D eigenvalue weighted by Crippen LogP contribution is -2.19. The van der Waals surface area contributed by atoms with Gasteiger partial charge in [-0.15, -0.1) is 18.3 Å². The fourth-order valence-electron chi connectivity index (χ4n) is 2.42. The predicted molar refractivity (Wildman–Crippen MR) is 132 cm³/mol. The molecule has 0 radical (unpaired) electrons. The average molecular weight is 544 g/mol.